The van der Waals surface area contributed by atoms with Crippen molar-refractivity contribution in [3.63, 3.8) is 0 Å². The van der Waals surface area contributed by atoms with E-state index in [2.05, 4.69) is 25.7 Å². The van der Waals surface area contributed by atoms with E-state index in [0.717, 1.165) is 16.8 Å². The number of nitrogens with zero attached hydrogens (tertiary/aromatic N) is 4. The van der Waals surface area contributed by atoms with Crippen LogP contribution in [0.3, 0.4) is 0 Å². The summed E-state index contributed by atoms with van der Waals surface area (Å²) in [6, 6.07) is 6.04. The second-order valence-electron chi connectivity index (χ2n) is 9.13. The highest BCUT2D eigenvalue weighted by Gasteiger charge is 2.36. The zero-order valence-corrected chi connectivity index (χ0v) is 19.4. The van der Waals surface area contributed by atoms with Gasteiger partial charge in [-0.1, -0.05) is 6.07 Å². The molecule has 0 spiro atoms. The summed E-state index contributed by atoms with van der Waals surface area (Å²) in [5.41, 5.74) is 0.367. The first kappa shape index (κ1) is 23.0. The first-order valence-corrected chi connectivity index (χ1v) is 10.8. The van der Waals surface area contributed by atoms with E-state index in [1.807, 2.05) is 20.8 Å². The van der Waals surface area contributed by atoms with Gasteiger partial charge in [-0.3, -0.25) is 19.4 Å². The maximum absolute atomic E-state index is 14.3. The average molecular weight is 493 g/mol. The molecule has 0 radical (unpaired) electrons. The van der Waals surface area contributed by atoms with Crippen LogP contribution in [-0.2, 0) is 11.3 Å². The lowest BCUT2D eigenvalue weighted by molar-refractivity contribution is -0.132. The molecule has 12 nitrogen and oxygen atoms in total. The van der Waals surface area contributed by atoms with Crippen molar-refractivity contribution in [2.45, 2.75) is 32.9 Å². The minimum absolute atomic E-state index is 0.0577. The zero-order valence-electron chi connectivity index (χ0n) is 19.4. The summed E-state index contributed by atoms with van der Waals surface area (Å²) in [4.78, 5) is 57.5. The van der Waals surface area contributed by atoms with Crippen molar-refractivity contribution in [1.29, 1.82) is 0 Å². The number of halogens is 1. The van der Waals surface area contributed by atoms with Gasteiger partial charge < -0.3 is 20.0 Å². The van der Waals surface area contributed by atoms with Crippen LogP contribution in [0.4, 0.5) is 4.39 Å². The van der Waals surface area contributed by atoms with Crippen LogP contribution in [0, 0.1) is 5.82 Å². The lowest BCUT2D eigenvalue weighted by Crippen LogP contribution is -2.52. The quantitative estimate of drug-likeness (QED) is 0.380. The molecule has 0 aliphatic carbocycles. The largest absolute Gasteiger partial charge is 0.417 e. The number of carbonyl (C=O) groups is 3. The van der Waals surface area contributed by atoms with Crippen molar-refractivity contribution >= 4 is 34.5 Å². The number of aromatic nitrogens is 4. The van der Waals surface area contributed by atoms with Crippen molar-refractivity contribution < 1.29 is 23.2 Å². The number of hydrogen-bond acceptors (Lipinski definition) is 7. The first-order chi connectivity index (χ1) is 17.0. The van der Waals surface area contributed by atoms with Crippen LogP contribution in [-0.4, -0.2) is 47.7 Å². The molecule has 0 saturated carbocycles. The van der Waals surface area contributed by atoms with Gasteiger partial charge in [0.1, 0.15) is 17.1 Å². The van der Waals surface area contributed by atoms with Gasteiger partial charge >= 0.3 is 5.76 Å². The molecular formula is C23H20FN7O5. The Balaban J connectivity index is 1.38. The molecule has 3 amide bonds. The van der Waals surface area contributed by atoms with Crippen molar-refractivity contribution in [2.75, 3.05) is 0 Å². The van der Waals surface area contributed by atoms with Crippen LogP contribution >= 0.6 is 0 Å². The molecule has 0 saturated heterocycles. The van der Waals surface area contributed by atoms with Crippen LogP contribution in [0.25, 0.3) is 16.7 Å². The summed E-state index contributed by atoms with van der Waals surface area (Å²) in [5, 5.41) is 8.94. The monoisotopic (exact) mass is 493 g/mol. The van der Waals surface area contributed by atoms with Gasteiger partial charge in [-0.2, -0.15) is 5.10 Å². The van der Waals surface area contributed by atoms with Gasteiger partial charge in [-0.05, 0) is 38.5 Å². The van der Waals surface area contributed by atoms with Crippen LogP contribution in [0.5, 0.6) is 0 Å². The zero-order chi connectivity index (χ0) is 25.8. The average Bonchev–Trinajstić information content (AvgIpc) is 3.38. The Kier molecular flexibility index (Phi) is 5.20. The second kappa shape index (κ2) is 8.15. The predicted molar refractivity (Wildman–Crippen MR) is 123 cm³/mol. The number of amides is 3. The maximum atomic E-state index is 14.3. The minimum Gasteiger partial charge on any atom is -0.408 e. The number of hydrogen-bond donors (Lipinski definition) is 3. The Morgan fingerprint density at radius 2 is 1.94 bits per heavy atom. The second-order valence-corrected chi connectivity index (χ2v) is 9.13. The van der Waals surface area contributed by atoms with Crippen molar-refractivity contribution in [2.24, 2.45) is 0 Å². The molecule has 3 aromatic heterocycles. The van der Waals surface area contributed by atoms with Gasteiger partial charge in [-0.25, -0.2) is 18.7 Å². The van der Waals surface area contributed by atoms with Gasteiger partial charge in [-0.15, -0.1) is 0 Å². The van der Waals surface area contributed by atoms with Crippen LogP contribution in [0.15, 0.2) is 51.6 Å². The van der Waals surface area contributed by atoms with E-state index >= 15 is 0 Å². The molecule has 36 heavy (non-hydrogen) atoms. The van der Waals surface area contributed by atoms with Crippen LogP contribution < -0.4 is 16.4 Å². The number of benzene rings is 1. The lowest BCUT2D eigenvalue weighted by atomic mass is 10.0. The Morgan fingerprint density at radius 3 is 2.67 bits per heavy atom. The molecule has 0 fully saturated rings. The van der Waals surface area contributed by atoms with E-state index in [-0.39, 0.29) is 35.2 Å². The summed E-state index contributed by atoms with van der Waals surface area (Å²) in [7, 11) is 0. The van der Waals surface area contributed by atoms with Gasteiger partial charge in [0.25, 0.3) is 17.7 Å². The Bertz CT molecular complexity index is 1660. The molecular weight excluding hydrogens is 473 g/mol. The van der Waals surface area contributed by atoms with E-state index in [1.165, 1.54) is 11.1 Å². The maximum Gasteiger partial charge on any atom is 0.417 e. The van der Waals surface area contributed by atoms with Crippen LogP contribution in [0.2, 0.25) is 0 Å². The fraction of sp³-hybridized carbons (Fsp3) is 0.217. The highest BCUT2D eigenvalue weighted by Crippen LogP contribution is 2.24. The number of aromatic amines is 1. The molecule has 13 heteroatoms. The van der Waals surface area contributed by atoms with Gasteiger partial charge in [0.2, 0.25) is 0 Å². The molecule has 4 heterocycles. The van der Waals surface area contributed by atoms with E-state index in [1.54, 1.807) is 18.2 Å². The topological polar surface area (TPSA) is 155 Å². The Hall–Kier alpha value is -4.81. The predicted octanol–water partition coefficient (Wildman–Crippen LogP) is 1.44. The number of H-pyrrole nitrogens is 1. The Labute approximate surface area is 201 Å². The van der Waals surface area contributed by atoms with Gasteiger partial charge in [0.05, 0.1) is 11.7 Å². The molecule has 0 atom stereocenters. The minimum atomic E-state index is -0.828. The molecule has 184 valence electrons. The molecule has 1 aliphatic heterocycles. The van der Waals surface area contributed by atoms with E-state index in [0.29, 0.717) is 16.7 Å². The number of rotatable bonds is 5. The van der Waals surface area contributed by atoms with Crippen molar-refractivity contribution in [1.82, 2.24) is 35.1 Å². The summed E-state index contributed by atoms with van der Waals surface area (Å²) >= 11 is 0. The van der Waals surface area contributed by atoms with Gasteiger partial charge in [0.15, 0.2) is 17.0 Å². The van der Waals surface area contributed by atoms with Gasteiger partial charge in [0, 0.05) is 24.4 Å². The van der Waals surface area contributed by atoms with Crippen molar-refractivity contribution in [3.8, 4) is 0 Å². The van der Waals surface area contributed by atoms with E-state index < -0.39 is 28.9 Å². The third-order valence-corrected chi connectivity index (χ3v) is 5.51. The third-order valence-electron chi connectivity index (χ3n) is 5.51. The molecule has 5 rings (SSSR count). The number of fused-ring (bicyclic) bond motifs is 2. The van der Waals surface area contributed by atoms with E-state index in [9.17, 15) is 23.6 Å². The number of oxazole rings is 1. The molecule has 0 unspecified atom stereocenters. The molecule has 1 aliphatic rings. The normalized spacial score (nSPS) is 13.6. The SMILES string of the molecule is CC(C)(C)N1C=C(NC(=O)c2cc(C(=O)NCc3ccc4oc(=O)[nH]c4c3)nc3c(F)cnn23)C1=O. The van der Waals surface area contributed by atoms with Crippen molar-refractivity contribution in [3.05, 3.63) is 75.7 Å². The fourth-order valence-corrected chi connectivity index (χ4v) is 3.67. The van der Waals surface area contributed by atoms with E-state index in [4.69, 9.17) is 4.42 Å². The molecule has 3 N–H and O–H groups in total. The number of nitrogens with one attached hydrogen (secondary N) is 3. The summed E-state index contributed by atoms with van der Waals surface area (Å²) < 4.78 is 20.2. The smallest absolute Gasteiger partial charge is 0.408 e. The Morgan fingerprint density at radius 1 is 1.17 bits per heavy atom. The highest BCUT2D eigenvalue weighted by molar-refractivity contribution is 6.07. The third kappa shape index (κ3) is 4.00. The molecule has 0 bridgehead atoms. The molecule has 1 aromatic carbocycles. The summed E-state index contributed by atoms with van der Waals surface area (Å²) in [6.07, 6.45) is 2.37. The molecule has 4 aromatic rings. The number of carbonyl (C=O) groups excluding carboxylic acids is 3. The van der Waals surface area contributed by atoms with Crippen LogP contribution in [0.1, 0.15) is 47.3 Å². The summed E-state index contributed by atoms with van der Waals surface area (Å²) in [5.74, 6) is -3.23. The highest BCUT2D eigenvalue weighted by atomic mass is 19.1. The fourth-order valence-electron chi connectivity index (χ4n) is 3.67. The lowest BCUT2D eigenvalue weighted by Gasteiger charge is -2.39. The summed E-state index contributed by atoms with van der Waals surface area (Å²) in [6.45, 7) is 5.59. The first-order valence-electron chi connectivity index (χ1n) is 10.8. The standard InChI is InChI=1S/C23H20FN7O5/c1-23(2,3)30-10-15(21(30)34)28-20(33)16-7-14(27-18-12(24)9-26-31(16)18)19(32)25-8-11-4-5-17-13(6-11)29-22(35)36-17/h4-7,9-10H,8H2,1-3H3,(H,25,32)(H,28,33)(H,29,35).